The Kier molecular flexibility index (Phi) is 10.3. The average Bonchev–Trinajstić information content (AvgIpc) is 2.56. The van der Waals surface area contributed by atoms with Crippen LogP contribution in [0.4, 0.5) is 0 Å². The number of rotatable bonds is 6. The van der Waals surface area contributed by atoms with Crippen molar-refractivity contribution in [3.05, 3.63) is 0 Å². The fourth-order valence-corrected chi connectivity index (χ4v) is 5.24. The Balaban J connectivity index is 0.00000364. The Labute approximate surface area is 183 Å². The molecule has 0 spiro atoms. The maximum absolute atomic E-state index is 12.2. The average molecular weight is 515 g/mol. The highest BCUT2D eigenvalue weighted by molar-refractivity contribution is 14.0. The van der Waals surface area contributed by atoms with E-state index in [0.717, 1.165) is 31.4 Å². The molecule has 0 amide bonds. The molecule has 2 fully saturated rings. The number of guanidine groups is 1. The summed E-state index contributed by atoms with van der Waals surface area (Å²) in [6.45, 7) is 14.3. The first-order valence-electron chi connectivity index (χ1n) is 10.2. The first-order chi connectivity index (χ1) is 12.2. The van der Waals surface area contributed by atoms with Crippen LogP contribution in [0, 0.1) is 5.92 Å². The molecule has 0 aromatic heterocycles. The van der Waals surface area contributed by atoms with E-state index in [0.29, 0.717) is 13.1 Å². The molecule has 0 radical (unpaired) electrons. The largest absolute Gasteiger partial charge is 0.357 e. The molecule has 1 atom stereocenters. The number of unbranched alkanes of at least 4 members (excludes halogenated alkanes) is 1. The summed E-state index contributed by atoms with van der Waals surface area (Å²) in [4.78, 5) is 9.46. The van der Waals surface area contributed by atoms with Crippen molar-refractivity contribution in [1.82, 2.24) is 15.1 Å². The van der Waals surface area contributed by atoms with E-state index in [1.165, 1.54) is 38.9 Å². The lowest BCUT2D eigenvalue weighted by molar-refractivity contribution is 0.181. The van der Waals surface area contributed by atoms with Gasteiger partial charge < -0.3 is 15.1 Å². The Bertz CT molecular complexity index is 580. The van der Waals surface area contributed by atoms with Crippen molar-refractivity contribution in [3.8, 4) is 0 Å². The van der Waals surface area contributed by atoms with Crippen molar-refractivity contribution >= 4 is 39.8 Å². The molecule has 1 unspecified atom stereocenters. The number of nitrogens with one attached hydrogen (secondary N) is 1. The summed E-state index contributed by atoms with van der Waals surface area (Å²) in [6.07, 6.45) is 4.96. The molecular weight excluding hydrogens is 475 g/mol. The number of halogens is 1. The van der Waals surface area contributed by atoms with E-state index in [1.54, 1.807) is 0 Å². The van der Waals surface area contributed by atoms with Gasteiger partial charge in [0.1, 0.15) is 0 Å². The van der Waals surface area contributed by atoms with Crippen molar-refractivity contribution in [2.75, 3.05) is 51.6 Å². The van der Waals surface area contributed by atoms with E-state index in [9.17, 15) is 8.42 Å². The molecule has 0 aliphatic carbocycles. The van der Waals surface area contributed by atoms with Gasteiger partial charge in [-0.1, -0.05) is 6.92 Å². The highest BCUT2D eigenvalue weighted by Gasteiger charge is 2.40. The van der Waals surface area contributed by atoms with Gasteiger partial charge in [-0.15, -0.1) is 24.0 Å². The molecule has 2 aliphatic rings. The summed E-state index contributed by atoms with van der Waals surface area (Å²) >= 11 is 0. The van der Waals surface area contributed by atoms with Crippen LogP contribution in [0.1, 0.15) is 53.4 Å². The predicted molar refractivity (Wildman–Crippen MR) is 125 cm³/mol. The number of aliphatic imine (C=N–C) groups is 1. The quantitative estimate of drug-likeness (QED) is 0.256. The number of hydrogen-bond acceptors (Lipinski definition) is 4. The fraction of sp³-hybridized carbons (Fsp3) is 0.947. The number of nitrogens with zero attached hydrogens (tertiary/aromatic N) is 3. The molecule has 160 valence electrons. The standard InChI is InChI=1S/C19H38N4O2S.HI/c1-5-20-18(23-13-14-26(24,25)19(3,4)16-23)21-10-6-7-11-22-12-8-9-17(2)15-22;/h17H,5-16H2,1-4H3,(H,20,21);1H. The van der Waals surface area contributed by atoms with Crippen LogP contribution in [-0.2, 0) is 9.84 Å². The van der Waals surface area contributed by atoms with Gasteiger partial charge in [0.25, 0.3) is 0 Å². The molecule has 0 saturated carbocycles. The van der Waals surface area contributed by atoms with E-state index in [4.69, 9.17) is 4.99 Å². The summed E-state index contributed by atoms with van der Waals surface area (Å²) in [5.41, 5.74) is 0. The summed E-state index contributed by atoms with van der Waals surface area (Å²) in [5.74, 6) is 1.90. The fourth-order valence-electron chi connectivity index (χ4n) is 3.87. The molecule has 0 bridgehead atoms. The molecule has 2 aliphatic heterocycles. The third-order valence-corrected chi connectivity index (χ3v) is 8.10. The molecule has 2 heterocycles. The molecule has 1 N–H and O–H groups in total. The maximum Gasteiger partial charge on any atom is 0.193 e. The second kappa shape index (κ2) is 11.2. The number of likely N-dealkylation sites (tertiary alicyclic amines) is 1. The zero-order valence-electron chi connectivity index (χ0n) is 17.5. The van der Waals surface area contributed by atoms with Crippen LogP contribution in [-0.4, -0.2) is 80.5 Å². The van der Waals surface area contributed by atoms with E-state index < -0.39 is 14.6 Å². The second-order valence-electron chi connectivity index (χ2n) is 8.49. The minimum absolute atomic E-state index is 0. The van der Waals surface area contributed by atoms with E-state index in [-0.39, 0.29) is 29.7 Å². The van der Waals surface area contributed by atoms with Crippen LogP contribution < -0.4 is 5.32 Å². The highest BCUT2D eigenvalue weighted by atomic mass is 127. The molecule has 2 rings (SSSR count). The number of hydrogen-bond donors (Lipinski definition) is 1. The highest BCUT2D eigenvalue weighted by Crippen LogP contribution is 2.23. The van der Waals surface area contributed by atoms with E-state index in [1.807, 2.05) is 13.8 Å². The number of sulfone groups is 1. The van der Waals surface area contributed by atoms with Crippen molar-refractivity contribution in [3.63, 3.8) is 0 Å². The molecule has 8 heteroatoms. The van der Waals surface area contributed by atoms with Crippen LogP contribution in [0.3, 0.4) is 0 Å². The van der Waals surface area contributed by atoms with Crippen LogP contribution in [0.2, 0.25) is 0 Å². The number of piperidine rings is 1. The van der Waals surface area contributed by atoms with Gasteiger partial charge in [0.05, 0.1) is 10.5 Å². The van der Waals surface area contributed by atoms with Crippen molar-refractivity contribution < 1.29 is 8.42 Å². The van der Waals surface area contributed by atoms with Gasteiger partial charge in [-0.3, -0.25) is 4.99 Å². The normalized spacial score (nSPS) is 25.7. The molecule has 27 heavy (non-hydrogen) atoms. The Morgan fingerprint density at radius 2 is 2.00 bits per heavy atom. The van der Waals surface area contributed by atoms with Gasteiger partial charge in [0.15, 0.2) is 15.8 Å². The molecule has 0 aromatic rings. The van der Waals surface area contributed by atoms with E-state index >= 15 is 0 Å². The molecule has 0 aromatic carbocycles. The lowest BCUT2D eigenvalue weighted by atomic mass is 10.0. The van der Waals surface area contributed by atoms with Crippen LogP contribution in [0.25, 0.3) is 0 Å². The van der Waals surface area contributed by atoms with Gasteiger partial charge in [-0.2, -0.15) is 0 Å². The molecular formula is C19H39IN4O2S. The zero-order chi connectivity index (χ0) is 19.2. The lowest BCUT2D eigenvalue weighted by Crippen LogP contribution is -2.57. The Hall–Kier alpha value is -0.0900. The van der Waals surface area contributed by atoms with Crippen molar-refractivity contribution in [2.24, 2.45) is 10.9 Å². The van der Waals surface area contributed by atoms with Crippen LogP contribution >= 0.6 is 24.0 Å². The van der Waals surface area contributed by atoms with Gasteiger partial charge in [-0.25, -0.2) is 8.42 Å². The second-order valence-corrected chi connectivity index (χ2v) is 11.2. The van der Waals surface area contributed by atoms with Gasteiger partial charge in [0, 0.05) is 32.7 Å². The molecule has 2 saturated heterocycles. The third-order valence-electron chi connectivity index (χ3n) is 5.56. The Morgan fingerprint density at radius 3 is 2.63 bits per heavy atom. The third kappa shape index (κ3) is 7.34. The van der Waals surface area contributed by atoms with Gasteiger partial charge >= 0.3 is 0 Å². The van der Waals surface area contributed by atoms with E-state index in [2.05, 4.69) is 29.0 Å². The lowest BCUT2D eigenvalue weighted by Gasteiger charge is -2.39. The summed E-state index contributed by atoms with van der Waals surface area (Å²) in [5, 5.41) is 3.33. The topological polar surface area (TPSA) is 65.0 Å². The first kappa shape index (κ1) is 24.9. The van der Waals surface area contributed by atoms with Crippen molar-refractivity contribution in [2.45, 2.75) is 58.1 Å². The van der Waals surface area contributed by atoms with Crippen molar-refractivity contribution in [1.29, 1.82) is 0 Å². The summed E-state index contributed by atoms with van der Waals surface area (Å²) < 4.78 is 23.7. The van der Waals surface area contributed by atoms with Gasteiger partial charge in [-0.05, 0) is 65.5 Å². The molecule has 6 nitrogen and oxygen atoms in total. The smallest absolute Gasteiger partial charge is 0.193 e. The minimum Gasteiger partial charge on any atom is -0.357 e. The minimum atomic E-state index is -3.02. The maximum atomic E-state index is 12.2. The SMILES string of the molecule is CCNC(=NCCCCN1CCCC(C)C1)N1CCS(=O)(=O)C(C)(C)C1.I. The first-order valence-corrected chi connectivity index (χ1v) is 11.9. The summed E-state index contributed by atoms with van der Waals surface area (Å²) in [7, 11) is -3.02. The Morgan fingerprint density at radius 1 is 1.26 bits per heavy atom. The zero-order valence-corrected chi connectivity index (χ0v) is 20.7. The van der Waals surface area contributed by atoms with Crippen LogP contribution in [0.15, 0.2) is 4.99 Å². The summed E-state index contributed by atoms with van der Waals surface area (Å²) in [6, 6.07) is 0. The monoisotopic (exact) mass is 514 g/mol. The predicted octanol–water partition coefficient (Wildman–Crippen LogP) is 2.59. The van der Waals surface area contributed by atoms with Gasteiger partial charge in [0.2, 0.25) is 0 Å². The van der Waals surface area contributed by atoms with Crippen LogP contribution in [0.5, 0.6) is 0 Å².